The molecule has 0 spiro atoms. The Morgan fingerprint density at radius 2 is 2.19 bits per heavy atom. The molecule has 0 bridgehead atoms. The van der Waals surface area contributed by atoms with E-state index in [4.69, 9.17) is 0 Å². The number of nitro groups is 1. The van der Waals surface area contributed by atoms with Crippen molar-refractivity contribution in [3.8, 4) is 0 Å². The number of halogens is 2. The largest absolute Gasteiger partial charge is 0.479 e. The first-order chi connectivity index (χ1) is 9.83. The predicted molar refractivity (Wildman–Crippen MR) is 70.3 cm³/mol. The number of nitrogens with zero attached hydrogens (tertiary/aromatic N) is 2. The van der Waals surface area contributed by atoms with Crippen LogP contribution in [0.1, 0.15) is 26.2 Å². The van der Waals surface area contributed by atoms with Crippen molar-refractivity contribution in [1.29, 1.82) is 0 Å². The highest BCUT2D eigenvalue weighted by atomic mass is 19.1. The van der Waals surface area contributed by atoms with Crippen molar-refractivity contribution in [2.24, 2.45) is 0 Å². The number of nitro benzene ring substituents is 1. The average Bonchev–Trinajstić information content (AvgIpc) is 2.81. The Bertz CT molecular complexity index is 608. The van der Waals surface area contributed by atoms with Crippen LogP contribution in [0.2, 0.25) is 0 Å². The van der Waals surface area contributed by atoms with Gasteiger partial charge < -0.3 is 10.0 Å². The quantitative estimate of drug-likeness (QED) is 0.682. The van der Waals surface area contributed by atoms with Gasteiger partial charge in [0.15, 0.2) is 0 Å². The van der Waals surface area contributed by atoms with Gasteiger partial charge in [0, 0.05) is 18.7 Å². The Kier molecular flexibility index (Phi) is 3.80. The average molecular weight is 300 g/mol. The third-order valence-electron chi connectivity index (χ3n) is 3.95. The Morgan fingerprint density at radius 3 is 2.71 bits per heavy atom. The van der Waals surface area contributed by atoms with Crippen LogP contribution < -0.4 is 4.90 Å². The summed E-state index contributed by atoms with van der Waals surface area (Å²) in [7, 11) is 0. The number of carboxylic acid groups (broad SMARTS) is 1. The maximum absolute atomic E-state index is 13.7. The van der Waals surface area contributed by atoms with Crippen LogP contribution in [0.4, 0.5) is 20.2 Å². The molecule has 0 radical (unpaired) electrons. The highest BCUT2D eigenvalue weighted by Crippen LogP contribution is 2.42. The summed E-state index contributed by atoms with van der Waals surface area (Å²) in [6.45, 7) is 1.83. The molecular weight excluding hydrogens is 286 g/mol. The van der Waals surface area contributed by atoms with Crippen molar-refractivity contribution >= 4 is 17.3 Å². The van der Waals surface area contributed by atoms with E-state index in [2.05, 4.69) is 0 Å². The van der Waals surface area contributed by atoms with Gasteiger partial charge in [-0.05, 0) is 19.3 Å². The molecule has 114 valence electrons. The molecule has 0 saturated carbocycles. The van der Waals surface area contributed by atoms with E-state index in [0.717, 1.165) is 6.07 Å². The van der Waals surface area contributed by atoms with E-state index in [1.54, 1.807) is 6.92 Å². The van der Waals surface area contributed by atoms with E-state index in [-0.39, 0.29) is 25.1 Å². The molecule has 1 N–H and O–H groups in total. The molecule has 1 fully saturated rings. The molecular formula is C13H14F2N2O4. The number of aliphatic carboxylic acids is 1. The summed E-state index contributed by atoms with van der Waals surface area (Å²) in [5.74, 6) is -3.44. The number of benzene rings is 1. The van der Waals surface area contributed by atoms with E-state index in [0.29, 0.717) is 12.5 Å². The minimum Gasteiger partial charge on any atom is -0.479 e. The fourth-order valence-corrected chi connectivity index (χ4v) is 2.91. The number of rotatable bonds is 4. The smallest absolute Gasteiger partial charge is 0.329 e. The molecule has 0 aromatic heterocycles. The molecule has 8 heteroatoms. The molecule has 1 atom stereocenters. The van der Waals surface area contributed by atoms with Crippen LogP contribution >= 0.6 is 0 Å². The van der Waals surface area contributed by atoms with Crippen LogP contribution in [0.25, 0.3) is 0 Å². The summed E-state index contributed by atoms with van der Waals surface area (Å²) < 4.78 is 27.2. The van der Waals surface area contributed by atoms with Gasteiger partial charge in [-0.15, -0.1) is 0 Å². The Morgan fingerprint density at radius 1 is 1.52 bits per heavy atom. The van der Waals surface area contributed by atoms with Gasteiger partial charge in [-0.25, -0.2) is 9.18 Å². The fraction of sp³-hybridized carbons (Fsp3) is 0.462. The van der Waals surface area contributed by atoms with E-state index in [1.807, 2.05) is 0 Å². The summed E-state index contributed by atoms with van der Waals surface area (Å²) >= 11 is 0. The number of carbonyl (C=O) groups is 1. The minimum absolute atomic E-state index is 0.178. The summed E-state index contributed by atoms with van der Waals surface area (Å²) in [5.41, 5.74) is -2.58. The Labute approximate surface area is 119 Å². The van der Waals surface area contributed by atoms with Crippen molar-refractivity contribution in [3.63, 3.8) is 0 Å². The SMILES string of the molecule is CCC1(C(=O)O)CCCN1c1cc(F)cc(F)c1[N+](=O)[O-]. The lowest BCUT2D eigenvalue weighted by Gasteiger charge is -2.35. The lowest BCUT2D eigenvalue weighted by molar-refractivity contribution is -0.386. The van der Waals surface area contributed by atoms with Gasteiger partial charge >= 0.3 is 11.7 Å². The van der Waals surface area contributed by atoms with Crippen molar-refractivity contribution in [2.75, 3.05) is 11.4 Å². The number of hydrogen-bond donors (Lipinski definition) is 1. The van der Waals surface area contributed by atoms with Crippen LogP contribution in [-0.2, 0) is 4.79 Å². The molecule has 0 aliphatic carbocycles. The summed E-state index contributed by atoms with van der Waals surface area (Å²) in [6.07, 6.45) is 0.932. The van der Waals surface area contributed by atoms with Crippen LogP contribution in [0, 0.1) is 21.7 Å². The van der Waals surface area contributed by atoms with Gasteiger partial charge in [0.1, 0.15) is 17.0 Å². The standard InChI is InChI=1S/C13H14F2N2O4/c1-2-13(12(18)19)4-3-5-16(13)10-7-8(14)6-9(15)11(10)17(20)21/h6-7H,2-5H2,1H3,(H,18,19). The Balaban J connectivity index is 2.65. The molecule has 2 rings (SSSR count). The minimum atomic E-state index is -1.37. The number of hydrogen-bond acceptors (Lipinski definition) is 4. The molecule has 1 saturated heterocycles. The van der Waals surface area contributed by atoms with Crippen LogP contribution in [0.3, 0.4) is 0 Å². The van der Waals surface area contributed by atoms with Gasteiger partial charge in [0.2, 0.25) is 5.82 Å². The summed E-state index contributed by atoms with van der Waals surface area (Å²) in [4.78, 5) is 22.9. The van der Waals surface area contributed by atoms with Gasteiger partial charge in [0.25, 0.3) is 0 Å². The van der Waals surface area contributed by atoms with Crippen LogP contribution in [0.5, 0.6) is 0 Å². The van der Waals surface area contributed by atoms with Crippen LogP contribution in [0.15, 0.2) is 12.1 Å². The predicted octanol–water partition coefficient (Wildman–Crippen LogP) is 2.71. The van der Waals surface area contributed by atoms with Gasteiger partial charge in [0.05, 0.1) is 4.92 Å². The van der Waals surface area contributed by atoms with E-state index < -0.39 is 33.8 Å². The number of anilines is 1. The van der Waals surface area contributed by atoms with Crippen molar-refractivity contribution in [2.45, 2.75) is 31.7 Å². The monoisotopic (exact) mass is 300 g/mol. The van der Waals surface area contributed by atoms with Crippen LogP contribution in [-0.4, -0.2) is 28.1 Å². The molecule has 1 aliphatic heterocycles. The summed E-state index contributed by atoms with van der Waals surface area (Å²) in [6, 6.07) is 1.24. The normalized spacial score (nSPS) is 21.6. The first-order valence-corrected chi connectivity index (χ1v) is 6.48. The zero-order chi connectivity index (χ0) is 15.8. The molecule has 0 amide bonds. The van der Waals surface area contributed by atoms with E-state index in [1.165, 1.54) is 4.90 Å². The first-order valence-electron chi connectivity index (χ1n) is 6.48. The second kappa shape index (κ2) is 5.27. The lowest BCUT2D eigenvalue weighted by Crippen LogP contribution is -2.50. The third-order valence-corrected chi connectivity index (χ3v) is 3.95. The summed E-state index contributed by atoms with van der Waals surface area (Å²) in [5, 5.41) is 20.5. The number of carboxylic acids is 1. The van der Waals surface area contributed by atoms with Crippen molar-refractivity contribution < 1.29 is 23.6 Å². The molecule has 1 unspecified atom stereocenters. The molecule has 6 nitrogen and oxygen atoms in total. The lowest BCUT2D eigenvalue weighted by atomic mass is 9.92. The first kappa shape index (κ1) is 15.1. The molecule has 21 heavy (non-hydrogen) atoms. The van der Waals surface area contributed by atoms with Gasteiger partial charge in [-0.1, -0.05) is 6.92 Å². The topological polar surface area (TPSA) is 83.7 Å². The fourth-order valence-electron chi connectivity index (χ4n) is 2.91. The van der Waals surface area contributed by atoms with E-state index in [9.17, 15) is 28.8 Å². The highest BCUT2D eigenvalue weighted by Gasteiger charge is 2.48. The third kappa shape index (κ3) is 2.30. The highest BCUT2D eigenvalue weighted by molar-refractivity contribution is 5.86. The van der Waals surface area contributed by atoms with Gasteiger partial charge in [-0.3, -0.25) is 10.1 Å². The van der Waals surface area contributed by atoms with Crippen molar-refractivity contribution in [1.82, 2.24) is 0 Å². The zero-order valence-corrected chi connectivity index (χ0v) is 11.3. The van der Waals surface area contributed by atoms with Gasteiger partial charge in [-0.2, -0.15) is 4.39 Å². The maximum Gasteiger partial charge on any atom is 0.329 e. The second-order valence-electron chi connectivity index (χ2n) is 4.96. The zero-order valence-electron chi connectivity index (χ0n) is 11.3. The molecule has 1 aliphatic rings. The second-order valence-corrected chi connectivity index (χ2v) is 4.96. The maximum atomic E-state index is 13.7. The van der Waals surface area contributed by atoms with Crippen molar-refractivity contribution in [3.05, 3.63) is 33.9 Å². The molecule has 1 aromatic rings. The Hall–Kier alpha value is -2.25. The molecule has 1 aromatic carbocycles. The van der Waals surface area contributed by atoms with E-state index >= 15 is 0 Å². The molecule has 1 heterocycles.